The highest BCUT2D eigenvalue weighted by Crippen LogP contribution is 2.25. The van der Waals surface area contributed by atoms with Crippen LogP contribution in [0.15, 0.2) is 18.2 Å². The van der Waals surface area contributed by atoms with E-state index in [-0.39, 0.29) is 0 Å². The number of anilines is 2. The standard InChI is InChI=1S/C15H25N3/c1-11-10-14(18(2)3)8-9-15(11)17-13-6-4-12(16)5-7-13/h8-10,12-13,17H,4-7,16H2,1-3H3. The fraction of sp³-hybridized carbons (Fsp3) is 0.600. The van der Waals surface area contributed by atoms with Gasteiger partial charge in [0.15, 0.2) is 0 Å². The molecule has 3 nitrogen and oxygen atoms in total. The van der Waals surface area contributed by atoms with E-state index in [0.717, 1.165) is 12.8 Å². The van der Waals surface area contributed by atoms with E-state index in [0.29, 0.717) is 12.1 Å². The van der Waals surface area contributed by atoms with Crippen LogP contribution in [0.3, 0.4) is 0 Å². The Morgan fingerprint density at radius 2 is 1.83 bits per heavy atom. The van der Waals surface area contributed by atoms with Gasteiger partial charge in [-0.25, -0.2) is 0 Å². The average Bonchev–Trinajstić information content (AvgIpc) is 2.34. The lowest BCUT2D eigenvalue weighted by atomic mass is 9.91. The topological polar surface area (TPSA) is 41.3 Å². The Morgan fingerprint density at radius 3 is 2.39 bits per heavy atom. The molecule has 0 unspecified atom stereocenters. The van der Waals surface area contributed by atoms with Crippen molar-refractivity contribution < 1.29 is 0 Å². The molecular weight excluding hydrogens is 222 g/mol. The minimum absolute atomic E-state index is 0.417. The maximum Gasteiger partial charge on any atom is 0.0373 e. The van der Waals surface area contributed by atoms with E-state index in [4.69, 9.17) is 5.73 Å². The first-order valence-electron chi connectivity index (χ1n) is 6.86. The van der Waals surface area contributed by atoms with Crippen LogP contribution in [0.4, 0.5) is 11.4 Å². The third kappa shape index (κ3) is 3.16. The third-order valence-corrected chi connectivity index (χ3v) is 3.86. The second-order valence-electron chi connectivity index (χ2n) is 5.65. The minimum Gasteiger partial charge on any atom is -0.382 e. The van der Waals surface area contributed by atoms with Crippen LogP contribution in [0.25, 0.3) is 0 Å². The highest BCUT2D eigenvalue weighted by molar-refractivity contribution is 5.60. The van der Waals surface area contributed by atoms with Crippen molar-refractivity contribution in [2.45, 2.75) is 44.7 Å². The molecule has 3 heteroatoms. The van der Waals surface area contributed by atoms with Crippen LogP contribution in [-0.4, -0.2) is 26.2 Å². The van der Waals surface area contributed by atoms with Crippen molar-refractivity contribution in [3.05, 3.63) is 23.8 Å². The molecule has 0 amide bonds. The molecule has 100 valence electrons. The van der Waals surface area contributed by atoms with Gasteiger partial charge in [0.1, 0.15) is 0 Å². The molecular formula is C15H25N3. The molecule has 1 aromatic rings. The summed E-state index contributed by atoms with van der Waals surface area (Å²) in [5.74, 6) is 0. The first kappa shape index (κ1) is 13.2. The summed E-state index contributed by atoms with van der Waals surface area (Å²) in [7, 11) is 4.15. The third-order valence-electron chi connectivity index (χ3n) is 3.86. The second-order valence-corrected chi connectivity index (χ2v) is 5.65. The summed E-state index contributed by atoms with van der Waals surface area (Å²) in [5.41, 5.74) is 9.77. The SMILES string of the molecule is Cc1cc(N(C)C)ccc1NC1CCC(N)CC1. The molecule has 0 heterocycles. The van der Waals surface area contributed by atoms with E-state index in [2.05, 4.69) is 49.4 Å². The number of hydrogen-bond donors (Lipinski definition) is 2. The van der Waals surface area contributed by atoms with Gasteiger partial charge in [-0.3, -0.25) is 0 Å². The van der Waals surface area contributed by atoms with Gasteiger partial charge in [-0.1, -0.05) is 0 Å². The predicted octanol–water partition coefficient (Wildman–Crippen LogP) is 2.74. The summed E-state index contributed by atoms with van der Waals surface area (Å²) in [6, 6.07) is 7.61. The van der Waals surface area contributed by atoms with Gasteiger partial charge in [0, 0.05) is 37.6 Å². The van der Waals surface area contributed by atoms with Gasteiger partial charge in [-0.05, 0) is 56.4 Å². The summed E-state index contributed by atoms with van der Waals surface area (Å²) < 4.78 is 0. The zero-order valence-electron chi connectivity index (χ0n) is 11.7. The predicted molar refractivity (Wildman–Crippen MR) is 79.4 cm³/mol. The van der Waals surface area contributed by atoms with E-state index in [1.807, 2.05) is 0 Å². The molecule has 1 aliphatic carbocycles. The fourth-order valence-electron chi connectivity index (χ4n) is 2.57. The van der Waals surface area contributed by atoms with Crippen LogP contribution in [0.2, 0.25) is 0 Å². The van der Waals surface area contributed by atoms with Gasteiger partial charge in [0.25, 0.3) is 0 Å². The van der Waals surface area contributed by atoms with Gasteiger partial charge < -0.3 is 16.0 Å². The monoisotopic (exact) mass is 247 g/mol. The normalized spacial score (nSPS) is 23.8. The van der Waals surface area contributed by atoms with E-state index in [9.17, 15) is 0 Å². The quantitative estimate of drug-likeness (QED) is 0.863. The van der Waals surface area contributed by atoms with Gasteiger partial charge in [-0.2, -0.15) is 0 Å². The molecule has 0 aromatic heterocycles. The van der Waals surface area contributed by atoms with E-state index in [1.54, 1.807) is 0 Å². The van der Waals surface area contributed by atoms with Crippen molar-refractivity contribution in [1.29, 1.82) is 0 Å². The number of nitrogens with two attached hydrogens (primary N) is 1. The lowest BCUT2D eigenvalue weighted by Crippen LogP contribution is -2.32. The van der Waals surface area contributed by atoms with Crippen molar-refractivity contribution in [2.75, 3.05) is 24.3 Å². The highest BCUT2D eigenvalue weighted by Gasteiger charge is 2.18. The molecule has 0 bridgehead atoms. The van der Waals surface area contributed by atoms with Gasteiger partial charge >= 0.3 is 0 Å². The number of rotatable bonds is 3. The molecule has 3 N–H and O–H groups in total. The Hall–Kier alpha value is -1.22. The van der Waals surface area contributed by atoms with Crippen LogP contribution in [0.5, 0.6) is 0 Å². The minimum atomic E-state index is 0.417. The number of benzene rings is 1. The zero-order chi connectivity index (χ0) is 13.1. The highest BCUT2D eigenvalue weighted by atomic mass is 15.1. The number of aryl methyl sites for hydroxylation is 1. The first-order chi connectivity index (χ1) is 8.56. The Balaban J connectivity index is 2.01. The van der Waals surface area contributed by atoms with E-state index in [1.165, 1.54) is 29.8 Å². The average molecular weight is 247 g/mol. The molecule has 0 atom stereocenters. The number of nitrogens with zero attached hydrogens (tertiary/aromatic N) is 1. The zero-order valence-corrected chi connectivity index (χ0v) is 11.7. The van der Waals surface area contributed by atoms with Crippen molar-refractivity contribution >= 4 is 11.4 Å². The van der Waals surface area contributed by atoms with Gasteiger partial charge in [0.05, 0.1) is 0 Å². The van der Waals surface area contributed by atoms with E-state index < -0.39 is 0 Å². The molecule has 18 heavy (non-hydrogen) atoms. The van der Waals surface area contributed by atoms with Crippen molar-refractivity contribution in [1.82, 2.24) is 0 Å². The smallest absolute Gasteiger partial charge is 0.0373 e. The maximum absolute atomic E-state index is 5.94. The van der Waals surface area contributed by atoms with Crippen LogP contribution < -0.4 is 16.0 Å². The summed E-state index contributed by atoms with van der Waals surface area (Å²) in [5, 5.41) is 3.66. The van der Waals surface area contributed by atoms with E-state index >= 15 is 0 Å². The second kappa shape index (κ2) is 5.61. The Labute approximate surface area is 110 Å². The van der Waals surface area contributed by atoms with Gasteiger partial charge in [0.2, 0.25) is 0 Å². The Bertz CT molecular complexity index is 393. The number of hydrogen-bond acceptors (Lipinski definition) is 3. The van der Waals surface area contributed by atoms with Crippen LogP contribution >= 0.6 is 0 Å². The van der Waals surface area contributed by atoms with Crippen molar-refractivity contribution in [3.8, 4) is 0 Å². The Kier molecular flexibility index (Phi) is 4.12. The largest absolute Gasteiger partial charge is 0.382 e. The van der Waals surface area contributed by atoms with Crippen molar-refractivity contribution in [3.63, 3.8) is 0 Å². The summed E-state index contributed by atoms with van der Waals surface area (Å²) in [4.78, 5) is 2.14. The van der Waals surface area contributed by atoms with Crippen LogP contribution in [0, 0.1) is 6.92 Å². The molecule has 1 saturated carbocycles. The number of nitrogens with one attached hydrogen (secondary N) is 1. The summed E-state index contributed by atoms with van der Waals surface area (Å²) >= 11 is 0. The molecule has 1 aromatic carbocycles. The molecule has 0 aliphatic heterocycles. The lowest BCUT2D eigenvalue weighted by Gasteiger charge is -2.28. The summed E-state index contributed by atoms with van der Waals surface area (Å²) in [6.07, 6.45) is 4.67. The van der Waals surface area contributed by atoms with Crippen LogP contribution in [-0.2, 0) is 0 Å². The molecule has 2 rings (SSSR count). The molecule has 0 saturated heterocycles. The lowest BCUT2D eigenvalue weighted by molar-refractivity contribution is 0.411. The summed E-state index contributed by atoms with van der Waals surface area (Å²) in [6.45, 7) is 2.17. The molecule has 1 fully saturated rings. The first-order valence-corrected chi connectivity index (χ1v) is 6.86. The molecule has 1 aliphatic rings. The Morgan fingerprint density at radius 1 is 1.17 bits per heavy atom. The maximum atomic E-state index is 5.94. The fourth-order valence-corrected chi connectivity index (χ4v) is 2.57. The molecule has 0 spiro atoms. The van der Waals surface area contributed by atoms with Crippen molar-refractivity contribution in [2.24, 2.45) is 5.73 Å². The van der Waals surface area contributed by atoms with Crippen LogP contribution in [0.1, 0.15) is 31.2 Å². The molecule has 0 radical (unpaired) electrons. The van der Waals surface area contributed by atoms with Gasteiger partial charge in [-0.15, -0.1) is 0 Å².